The zero-order valence-electron chi connectivity index (χ0n) is 82.2. The van der Waals surface area contributed by atoms with Gasteiger partial charge >= 0.3 is 7.12 Å². The van der Waals surface area contributed by atoms with Gasteiger partial charge in [0.15, 0.2) is 69.9 Å². The molecule has 0 saturated carbocycles. The molecule has 0 atom stereocenters. The second-order valence-corrected chi connectivity index (χ2v) is 39.3. The number of para-hydroxylation sites is 1. The molecule has 25 rings (SSSR count). The minimum Gasteiger partial charge on any atom is -0.399 e. The van der Waals surface area contributed by atoms with Gasteiger partial charge in [-0.05, 0) is 159 Å². The van der Waals surface area contributed by atoms with Gasteiger partial charge in [0.05, 0.1) is 21.7 Å². The van der Waals surface area contributed by atoms with Crippen molar-refractivity contribution in [2.45, 2.75) is 45.8 Å². The highest BCUT2D eigenvalue weighted by atomic mass is 79.9. The van der Waals surface area contributed by atoms with Gasteiger partial charge in [-0.25, -0.2) is 59.8 Å². The fourth-order valence-electron chi connectivity index (χ4n) is 18.3. The maximum Gasteiger partial charge on any atom is 0.495 e. The van der Waals surface area contributed by atoms with Gasteiger partial charge in [0.1, 0.15) is 0 Å². The summed E-state index contributed by atoms with van der Waals surface area (Å²) in [5.41, 5.74) is 16.6. The SMILES string of the molecule is Brc1ccc(-c2nc(-c3ccccc3)nc(-c3ccccc3)n2)c2ccccc12.Brc1ccc(Br)c2ccccc12.CC1(C)OB(c2ccc(-c3nc(-c4ccccc4)nc(-c4ccccc4)n3)c3ccccc23)OC1(C)C.Cc1ccccc1-c1ccc(-c2nc(-c3ccccc3)nc(-c3ccccc3)n2)c2ccccc12.O=[N+]([O-])c1ccccc1-c1ccc(-c2nc(-c3ccccc3)nc(-c3ccccc3)n2)c2ccccc12. The summed E-state index contributed by atoms with van der Waals surface area (Å²) >= 11 is 10.7. The van der Waals surface area contributed by atoms with Crippen molar-refractivity contribution in [3.05, 3.63) is 502 Å². The van der Waals surface area contributed by atoms with Gasteiger partial charge in [0.2, 0.25) is 0 Å². The molecule has 4 aromatic heterocycles. The minimum atomic E-state index is -0.456. The topological polar surface area (TPSA) is 216 Å². The van der Waals surface area contributed by atoms with Gasteiger partial charge in [-0.1, -0.05) is 472 Å². The standard InChI is InChI=1S/C32H23N3.C31H28BN3O2.C31H20N4O2.C25H16BrN3.C10H6Br2/c1-22-12-8-9-17-25(22)28-20-21-29(27-19-11-10-18-26(27)28)32-34-30(23-13-4-2-5-14-23)33-31(35-32)24-15-6-3-7-16-24;1-30(2)31(3,4)37-32(36-30)26-20-19-25(23-17-11-12-18-24(23)26)29-34-27(21-13-7-5-8-14-21)33-28(35-29)22-15-9-6-10-16-22;36-35(37)28-18-10-9-17-26(28)25-19-20-27(24-16-8-7-15-23(24)25)31-33-29(21-11-3-1-4-12-21)32-30(34-31)22-13-5-2-6-14-22;26-22-16-15-21(19-13-7-8-14-20(19)22)25-28-23(17-9-3-1-4-10-17)27-24(29-25)18-11-5-2-6-12-18;11-9-5-6-10(12)8-4-2-1-3-7(8)9/h2-21H,1H3;5-20H,1-4H3;1-20H;1-16H;1-6H. The second-order valence-electron chi connectivity index (χ2n) is 36.7. The highest BCUT2D eigenvalue weighted by molar-refractivity contribution is 9.11. The number of halogens is 3. The molecule has 0 aliphatic carbocycles. The monoisotopic (exact) mass is 2140 g/mol. The summed E-state index contributed by atoms with van der Waals surface area (Å²) in [4.78, 5) is 69.8. The molecule has 17 nitrogen and oxygen atoms in total. The fraction of sp³-hybridized carbons (Fsp3) is 0.0543. The van der Waals surface area contributed by atoms with Crippen LogP contribution in [0.5, 0.6) is 0 Å². The van der Waals surface area contributed by atoms with E-state index in [0.717, 1.165) is 129 Å². The Labute approximate surface area is 893 Å². The molecule has 0 spiro atoms. The number of aryl methyl sites for hydroxylation is 1. The maximum absolute atomic E-state index is 11.7. The zero-order chi connectivity index (χ0) is 103. The van der Waals surface area contributed by atoms with Crippen molar-refractivity contribution < 1.29 is 14.2 Å². The van der Waals surface area contributed by atoms with E-state index in [0.29, 0.717) is 75.5 Å². The molecular weight excluding hydrogens is 2050 g/mol. The van der Waals surface area contributed by atoms with Crippen molar-refractivity contribution in [1.82, 2.24) is 59.8 Å². The van der Waals surface area contributed by atoms with Crippen molar-refractivity contribution in [1.29, 1.82) is 0 Å². The number of nitrogens with zero attached hydrogens (tertiary/aromatic N) is 13. The normalized spacial score (nSPS) is 12.2. The van der Waals surface area contributed by atoms with Gasteiger partial charge in [-0.15, -0.1) is 0 Å². The molecule has 0 N–H and O–H groups in total. The summed E-state index contributed by atoms with van der Waals surface area (Å²) in [7, 11) is -0.456. The van der Waals surface area contributed by atoms with Crippen molar-refractivity contribution in [2.24, 2.45) is 0 Å². The van der Waals surface area contributed by atoms with E-state index in [-0.39, 0.29) is 10.6 Å². The third-order valence-electron chi connectivity index (χ3n) is 26.6. The molecule has 0 bridgehead atoms. The largest absolute Gasteiger partial charge is 0.495 e. The maximum atomic E-state index is 11.7. The third kappa shape index (κ3) is 21.5. The minimum absolute atomic E-state index is 0.0679. The summed E-state index contributed by atoms with van der Waals surface area (Å²) < 4.78 is 16.1. The van der Waals surface area contributed by atoms with Gasteiger partial charge in [-0.2, -0.15) is 0 Å². The number of fused-ring (bicyclic) bond motifs is 5. The average molecular weight is 2140 g/mol. The summed E-state index contributed by atoms with van der Waals surface area (Å²) in [6, 6.07) is 157. The van der Waals surface area contributed by atoms with Crippen LogP contribution in [0.3, 0.4) is 0 Å². The lowest BCUT2D eigenvalue weighted by Gasteiger charge is -2.32. The first kappa shape index (κ1) is 98.6. The summed E-state index contributed by atoms with van der Waals surface area (Å²) in [6.07, 6.45) is 0. The molecule has 0 radical (unpaired) electrons. The number of hydrogen-bond acceptors (Lipinski definition) is 16. The molecule has 0 unspecified atom stereocenters. The lowest BCUT2D eigenvalue weighted by atomic mass is 9.75. The molecule has 1 fully saturated rings. The molecule has 1 aliphatic heterocycles. The van der Waals surface area contributed by atoms with E-state index in [1.807, 2.05) is 340 Å². The molecule has 24 aromatic rings. The van der Waals surface area contributed by atoms with E-state index in [4.69, 9.17) is 69.1 Å². The van der Waals surface area contributed by atoms with E-state index < -0.39 is 18.3 Å². The third-order valence-corrected chi connectivity index (χ3v) is 28.7. The Morgan fingerprint density at radius 2 is 0.400 bits per heavy atom. The molecule has 21 heteroatoms. The predicted octanol–water partition coefficient (Wildman–Crippen LogP) is 33.1. The molecule has 5 heterocycles. The smallest absolute Gasteiger partial charge is 0.399 e. The first-order valence-corrected chi connectivity index (χ1v) is 51.4. The highest BCUT2D eigenvalue weighted by Crippen LogP contribution is 2.44. The van der Waals surface area contributed by atoms with Crippen LogP contribution in [-0.4, -0.2) is 83.1 Å². The molecule has 722 valence electrons. The molecule has 1 aliphatic rings. The van der Waals surface area contributed by atoms with Crippen LogP contribution >= 0.6 is 47.8 Å². The van der Waals surface area contributed by atoms with Crippen LogP contribution < -0.4 is 5.46 Å². The lowest BCUT2D eigenvalue weighted by molar-refractivity contribution is -0.384. The Balaban J connectivity index is 0.000000113. The summed E-state index contributed by atoms with van der Waals surface area (Å²) in [5, 5.41) is 22.7. The van der Waals surface area contributed by atoms with Crippen LogP contribution in [0.4, 0.5) is 5.69 Å². The molecule has 0 amide bonds. The van der Waals surface area contributed by atoms with E-state index in [9.17, 15) is 10.1 Å². The van der Waals surface area contributed by atoms with Crippen LogP contribution in [0.2, 0.25) is 0 Å². The average Bonchev–Trinajstić information content (AvgIpc) is 1.53. The predicted molar refractivity (Wildman–Crippen MR) is 620 cm³/mol. The summed E-state index contributed by atoms with van der Waals surface area (Å²) in [5.74, 6) is 7.62. The van der Waals surface area contributed by atoms with Crippen LogP contribution in [0.1, 0.15) is 33.3 Å². The number of hydrogen-bond donors (Lipinski definition) is 0. The van der Waals surface area contributed by atoms with Gasteiger partial charge in [-0.3, -0.25) is 10.1 Å². The Morgan fingerprint density at radius 3 is 0.693 bits per heavy atom. The number of benzene rings is 20. The Morgan fingerprint density at radius 1 is 0.207 bits per heavy atom. The van der Waals surface area contributed by atoms with E-state index in [2.05, 4.69) is 198 Å². The van der Waals surface area contributed by atoms with E-state index in [1.54, 1.807) is 12.1 Å². The molecule has 1 saturated heterocycles. The fourth-order valence-corrected chi connectivity index (χ4v) is 19.7. The lowest BCUT2D eigenvalue weighted by Crippen LogP contribution is -2.41. The van der Waals surface area contributed by atoms with Crippen LogP contribution in [0, 0.1) is 17.0 Å². The molecule has 20 aromatic carbocycles. The Hall–Kier alpha value is -17.4. The number of rotatable bonds is 16. The van der Waals surface area contributed by atoms with Crippen LogP contribution in [-0.2, 0) is 9.31 Å². The zero-order valence-corrected chi connectivity index (χ0v) is 86.9. The van der Waals surface area contributed by atoms with Gasteiger partial charge in [0.25, 0.3) is 5.69 Å². The van der Waals surface area contributed by atoms with Crippen molar-refractivity contribution in [2.75, 3.05) is 0 Å². The molecular formula is C129H93BBr3N13O4. The quantitative estimate of drug-likeness (QED) is 0.0499. The van der Waals surface area contributed by atoms with E-state index in [1.165, 1.54) is 38.9 Å². The summed E-state index contributed by atoms with van der Waals surface area (Å²) in [6.45, 7) is 10.5. The first-order chi connectivity index (χ1) is 73.4. The molecule has 150 heavy (non-hydrogen) atoms. The van der Waals surface area contributed by atoms with Crippen molar-refractivity contribution >= 4 is 120 Å². The number of aromatic nitrogens is 12. The van der Waals surface area contributed by atoms with Crippen molar-refractivity contribution in [3.8, 4) is 159 Å². The number of nitro groups is 1. The second kappa shape index (κ2) is 44.5. The first-order valence-electron chi connectivity index (χ1n) is 49.1. The van der Waals surface area contributed by atoms with E-state index >= 15 is 0 Å². The van der Waals surface area contributed by atoms with Crippen LogP contribution in [0.15, 0.2) is 487 Å². The highest BCUT2D eigenvalue weighted by Gasteiger charge is 2.52. The Bertz CT molecular complexity index is 8770. The Kier molecular flexibility index (Phi) is 29.2. The van der Waals surface area contributed by atoms with Crippen LogP contribution in [0.25, 0.3) is 213 Å². The van der Waals surface area contributed by atoms with Gasteiger partial charge < -0.3 is 9.31 Å². The number of nitro benzene ring substituents is 1. The van der Waals surface area contributed by atoms with Crippen molar-refractivity contribution in [3.63, 3.8) is 0 Å². The van der Waals surface area contributed by atoms with Gasteiger partial charge in [0, 0.05) is 86.2 Å².